The molecule has 0 aromatic heterocycles. The molecule has 0 aliphatic carbocycles. The van der Waals surface area contributed by atoms with Crippen LogP contribution in [0.2, 0.25) is 0 Å². The molecule has 0 heterocycles. The quantitative estimate of drug-likeness (QED) is 0.356. The smallest absolute Gasteiger partial charge is 0.550 e. The van der Waals surface area contributed by atoms with Gasteiger partial charge in [-0.15, -0.1) is 0 Å². The SMILES string of the molecule is O=C([O-])CC(=O)[O-].[Ag+2]. The predicted octanol–water partition coefficient (Wildman–Crippen LogP) is -3.13. The third kappa shape index (κ3) is 9.19. The predicted molar refractivity (Wildman–Crippen MR) is 14.6 cm³/mol. The summed E-state index contributed by atoms with van der Waals surface area (Å²) in [5.41, 5.74) is 0. The molecular weight excluding hydrogens is 208 g/mol. The molecule has 0 aliphatic rings. The Bertz CT molecular complexity index is 87.5. The van der Waals surface area contributed by atoms with Gasteiger partial charge in [-0.05, 0) is 0 Å². The Morgan fingerprint density at radius 3 is 1.38 bits per heavy atom. The van der Waals surface area contributed by atoms with Crippen LogP contribution in [-0.4, -0.2) is 11.9 Å². The Hall–Kier alpha value is -0.320. The van der Waals surface area contributed by atoms with E-state index >= 15 is 0 Å². The standard InChI is InChI=1S/C3H4O4.Ag/c4-2(5)1-3(6)7;/h1H2,(H,4,5)(H,6,7);/q;+2/p-2. The van der Waals surface area contributed by atoms with Crippen molar-refractivity contribution < 1.29 is 42.2 Å². The van der Waals surface area contributed by atoms with Gasteiger partial charge in [0.2, 0.25) is 0 Å². The molecule has 49 valence electrons. The number of aliphatic carboxylic acids is 2. The maximum absolute atomic E-state index is 9.28. The van der Waals surface area contributed by atoms with Crippen molar-refractivity contribution in [1.82, 2.24) is 0 Å². The van der Waals surface area contributed by atoms with Crippen LogP contribution in [0.1, 0.15) is 6.42 Å². The summed E-state index contributed by atoms with van der Waals surface area (Å²) in [6, 6.07) is 0. The number of hydrogen-bond acceptors (Lipinski definition) is 4. The zero-order chi connectivity index (χ0) is 5.86. The van der Waals surface area contributed by atoms with Crippen molar-refractivity contribution in [2.45, 2.75) is 6.42 Å². The minimum atomic E-state index is -1.63. The zero-order valence-electron chi connectivity index (χ0n) is 3.64. The van der Waals surface area contributed by atoms with Crippen molar-refractivity contribution in [2.75, 3.05) is 0 Å². The molecule has 0 amide bonds. The minimum Gasteiger partial charge on any atom is -0.550 e. The molecule has 0 aromatic rings. The molecule has 5 heteroatoms. The Morgan fingerprint density at radius 1 is 1.12 bits per heavy atom. The van der Waals surface area contributed by atoms with E-state index in [2.05, 4.69) is 0 Å². The van der Waals surface area contributed by atoms with Crippen LogP contribution < -0.4 is 10.2 Å². The van der Waals surface area contributed by atoms with Crippen LogP contribution >= 0.6 is 0 Å². The molecule has 0 rings (SSSR count). The van der Waals surface area contributed by atoms with E-state index in [1.54, 1.807) is 0 Å². The fourth-order valence-corrected chi connectivity index (χ4v) is 0.118. The number of carbonyl (C=O) groups excluding carboxylic acids is 2. The number of carboxylic acid groups (broad SMARTS) is 2. The maximum atomic E-state index is 9.28. The second-order valence-electron chi connectivity index (χ2n) is 0.921. The van der Waals surface area contributed by atoms with Crippen molar-refractivity contribution in [3.8, 4) is 0 Å². The maximum Gasteiger partial charge on any atom is 2.00 e. The summed E-state index contributed by atoms with van der Waals surface area (Å²) in [4.78, 5) is 18.6. The van der Waals surface area contributed by atoms with E-state index < -0.39 is 18.4 Å². The minimum absolute atomic E-state index is 0. The summed E-state index contributed by atoms with van der Waals surface area (Å²) >= 11 is 0. The van der Waals surface area contributed by atoms with Gasteiger partial charge in [0.15, 0.2) is 0 Å². The summed E-state index contributed by atoms with van der Waals surface area (Å²) in [6.07, 6.45) is -1.03. The van der Waals surface area contributed by atoms with E-state index in [0.29, 0.717) is 0 Å². The fourth-order valence-electron chi connectivity index (χ4n) is 0.118. The first-order chi connectivity index (χ1) is 3.13. The molecule has 0 saturated heterocycles. The first kappa shape index (κ1) is 10.6. The summed E-state index contributed by atoms with van der Waals surface area (Å²) in [5.74, 6) is -3.25. The van der Waals surface area contributed by atoms with Crippen molar-refractivity contribution in [3.63, 3.8) is 0 Å². The fraction of sp³-hybridized carbons (Fsp3) is 0.333. The summed E-state index contributed by atoms with van der Waals surface area (Å²) in [6.45, 7) is 0. The molecule has 0 saturated carbocycles. The molecule has 0 fully saturated rings. The Labute approximate surface area is 61.0 Å². The van der Waals surface area contributed by atoms with Crippen LogP contribution in [0.5, 0.6) is 0 Å². The van der Waals surface area contributed by atoms with E-state index in [1.807, 2.05) is 0 Å². The van der Waals surface area contributed by atoms with Crippen LogP contribution in [-0.2, 0) is 32.0 Å². The second-order valence-corrected chi connectivity index (χ2v) is 0.921. The Balaban J connectivity index is 0. The van der Waals surface area contributed by atoms with Gasteiger partial charge >= 0.3 is 22.4 Å². The third-order valence-electron chi connectivity index (χ3n) is 0.289. The van der Waals surface area contributed by atoms with Crippen LogP contribution in [0, 0.1) is 0 Å². The normalized spacial score (nSPS) is 7.00. The number of carboxylic acids is 2. The van der Waals surface area contributed by atoms with Crippen LogP contribution in [0.25, 0.3) is 0 Å². The van der Waals surface area contributed by atoms with Gasteiger partial charge in [-0.25, -0.2) is 0 Å². The van der Waals surface area contributed by atoms with E-state index in [4.69, 9.17) is 0 Å². The van der Waals surface area contributed by atoms with Crippen LogP contribution in [0.4, 0.5) is 0 Å². The molecule has 0 atom stereocenters. The molecule has 8 heavy (non-hydrogen) atoms. The number of rotatable bonds is 2. The van der Waals surface area contributed by atoms with E-state index in [1.165, 1.54) is 0 Å². The van der Waals surface area contributed by atoms with Gasteiger partial charge in [-0.3, -0.25) is 0 Å². The molecule has 0 aliphatic heterocycles. The first-order valence-corrected chi connectivity index (χ1v) is 1.52. The van der Waals surface area contributed by atoms with Gasteiger partial charge < -0.3 is 19.8 Å². The first-order valence-electron chi connectivity index (χ1n) is 1.52. The number of carbonyl (C=O) groups is 2. The molecule has 0 spiro atoms. The zero-order valence-corrected chi connectivity index (χ0v) is 5.12. The van der Waals surface area contributed by atoms with Crippen molar-refractivity contribution in [1.29, 1.82) is 0 Å². The van der Waals surface area contributed by atoms with Gasteiger partial charge in [0.25, 0.3) is 0 Å². The average molecular weight is 210 g/mol. The molecule has 0 unspecified atom stereocenters. The largest absolute Gasteiger partial charge is 2.00 e. The molecule has 0 aromatic carbocycles. The van der Waals surface area contributed by atoms with Crippen LogP contribution in [0.3, 0.4) is 0 Å². The molecule has 0 bridgehead atoms. The van der Waals surface area contributed by atoms with Gasteiger partial charge in [-0.2, -0.15) is 0 Å². The van der Waals surface area contributed by atoms with E-state index in [9.17, 15) is 19.8 Å². The molecule has 0 N–H and O–H groups in total. The van der Waals surface area contributed by atoms with Gasteiger partial charge in [-0.1, -0.05) is 0 Å². The van der Waals surface area contributed by atoms with Gasteiger partial charge in [0.05, 0.1) is 0 Å². The molecular formula is C3H2AgO4. The van der Waals surface area contributed by atoms with Crippen LogP contribution in [0.15, 0.2) is 0 Å². The van der Waals surface area contributed by atoms with Crippen molar-refractivity contribution in [2.24, 2.45) is 0 Å². The summed E-state index contributed by atoms with van der Waals surface area (Å²) < 4.78 is 0. The van der Waals surface area contributed by atoms with E-state index in [-0.39, 0.29) is 22.4 Å². The number of hydrogen-bond donors (Lipinski definition) is 0. The van der Waals surface area contributed by atoms with Crippen molar-refractivity contribution in [3.05, 3.63) is 0 Å². The Morgan fingerprint density at radius 2 is 1.38 bits per heavy atom. The topological polar surface area (TPSA) is 80.3 Å². The second kappa shape index (κ2) is 4.83. The third-order valence-corrected chi connectivity index (χ3v) is 0.289. The summed E-state index contributed by atoms with van der Waals surface area (Å²) in [5, 5.41) is 18.6. The Kier molecular flexibility index (Phi) is 6.41. The van der Waals surface area contributed by atoms with Gasteiger partial charge in [0, 0.05) is 18.4 Å². The molecule has 1 radical (unpaired) electrons. The molecule has 4 nitrogen and oxygen atoms in total. The summed E-state index contributed by atoms with van der Waals surface area (Å²) in [7, 11) is 0. The average Bonchev–Trinajstić information content (AvgIpc) is 1.27. The monoisotopic (exact) mass is 209 g/mol. The van der Waals surface area contributed by atoms with Gasteiger partial charge in [0.1, 0.15) is 0 Å². The van der Waals surface area contributed by atoms with E-state index in [0.717, 1.165) is 0 Å². The van der Waals surface area contributed by atoms with Crippen molar-refractivity contribution >= 4 is 11.9 Å².